The summed E-state index contributed by atoms with van der Waals surface area (Å²) in [5, 5.41) is 9.58. The van der Waals surface area contributed by atoms with Gasteiger partial charge in [-0.25, -0.2) is 4.98 Å². The molecule has 1 aromatic heterocycles. The van der Waals surface area contributed by atoms with E-state index >= 15 is 0 Å². The van der Waals surface area contributed by atoms with E-state index in [0.717, 1.165) is 28.8 Å². The molecule has 0 fully saturated rings. The van der Waals surface area contributed by atoms with Crippen molar-refractivity contribution in [2.24, 2.45) is 7.05 Å². The molecule has 0 aliphatic rings. The number of fused-ring (bicyclic) bond motifs is 1. The van der Waals surface area contributed by atoms with Gasteiger partial charge in [-0.1, -0.05) is 6.92 Å². The van der Waals surface area contributed by atoms with Gasteiger partial charge in [0.05, 0.1) is 11.0 Å². The van der Waals surface area contributed by atoms with Gasteiger partial charge in [0.15, 0.2) is 0 Å². The Hall–Kier alpha value is -1.51. The largest absolute Gasteiger partial charge is 0.508 e. The first-order valence-electron chi connectivity index (χ1n) is 4.78. The smallest absolute Gasteiger partial charge is 0.120 e. The molecule has 14 heavy (non-hydrogen) atoms. The van der Waals surface area contributed by atoms with Crippen LogP contribution in [0, 0.1) is 6.92 Å². The summed E-state index contributed by atoms with van der Waals surface area (Å²) in [6, 6.07) is 3.70. The molecule has 0 bridgehead atoms. The van der Waals surface area contributed by atoms with Crippen LogP contribution in [0.1, 0.15) is 18.3 Å². The van der Waals surface area contributed by atoms with Crippen LogP contribution >= 0.6 is 0 Å². The maximum Gasteiger partial charge on any atom is 0.120 e. The maximum absolute atomic E-state index is 9.58. The third kappa shape index (κ3) is 1.16. The van der Waals surface area contributed by atoms with Gasteiger partial charge in [0.1, 0.15) is 11.6 Å². The number of hydrogen-bond donors (Lipinski definition) is 1. The van der Waals surface area contributed by atoms with Crippen molar-refractivity contribution >= 4 is 11.0 Å². The van der Waals surface area contributed by atoms with Gasteiger partial charge in [-0.15, -0.1) is 0 Å². The average Bonchev–Trinajstić information content (AvgIpc) is 2.45. The summed E-state index contributed by atoms with van der Waals surface area (Å²) in [6.45, 7) is 3.96. The van der Waals surface area contributed by atoms with Crippen LogP contribution in [-0.4, -0.2) is 14.7 Å². The fourth-order valence-electron chi connectivity index (χ4n) is 1.70. The van der Waals surface area contributed by atoms with Gasteiger partial charge in [-0.05, 0) is 18.6 Å². The van der Waals surface area contributed by atoms with Crippen molar-refractivity contribution in [1.29, 1.82) is 0 Å². The van der Waals surface area contributed by atoms with E-state index in [0.29, 0.717) is 5.75 Å². The van der Waals surface area contributed by atoms with Gasteiger partial charge in [0.2, 0.25) is 0 Å². The van der Waals surface area contributed by atoms with Crippen LogP contribution in [0.5, 0.6) is 5.75 Å². The number of imidazole rings is 1. The molecule has 74 valence electrons. The molecule has 0 amide bonds. The zero-order valence-electron chi connectivity index (χ0n) is 8.70. The highest BCUT2D eigenvalue weighted by atomic mass is 16.3. The summed E-state index contributed by atoms with van der Waals surface area (Å²) in [6.07, 6.45) is 0.908. The quantitative estimate of drug-likeness (QED) is 0.748. The highest BCUT2D eigenvalue weighted by Crippen LogP contribution is 2.24. The molecule has 3 heteroatoms. The summed E-state index contributed by atoms with van der Waals surface area (Å²) in [5.41, 5.74) is 2.82. The number of aromatic nitrogens is 2. The van der Waals surface area contributed by atoms with Crippen LogP contribution in [0.2, 0.25) is 0 Å². The lowest BCUT2D eigenvalue weighted by Crippen LogP contribution is -1.94. The number of phenols is 1. The van der Waals surface area contributed by atoms with E-state index in [-0.39, 0.29) is 0 Å². The monoisotopic (exact) mass is 190 g/mol. The summed E-state index contributed by atoms with van der Waals surface area (Å²) >= 11 is 0. The summed E-state index contributed by atoms with van der Waals surface area (Å²) in [7, 11) is 1.98. The van der Waals surface area contributed by atoms with E-state index in [9.17, 15) is 5.11 Å². The van der Waals surface area contributed by atoms with E-state index in [1.165, 1.54) is 0 Å². The molecular weight excluding hydrogens is 176 g/mol. The van der Waals surface area contributed by atoms with Crippen molar-refractivity contribution in [2.45, 2.75) is 20.3 Å². The lowest BCUT2D eigenvalue weighted by Gasteiger charge is -2.00. The highest BCUT2D eigenvalue weighted by Gasteiger charge is 2.08. The second-order valence-electron chi connectivity index (χ2n) is 3.57. The second-order valence-corrected chi connectivity index (χ2v) is 3.57. The Morgan fingerprint density at radius 1 is 1.43 bits per heavy atom. The van der Waals surface area contributed by atoms with Gasteiger partial charge in [0, 0.05) is 19.5 Å². The molecule has 0 unspecified atom stereocenters. The molecule has 1 heterocycles. The molecule has 1 N–H and O–H groups in total. The Labute approximate surface area is 83.0 Å². The first-order valence-corrected chi connectivity index (χ1v) is 4.78. The van der Waals surface area contributed by atoms with Crippen LogP contribution in [0.4, 0.5) is 0 Å². The molecule has 0 radical (unpaired) electrons. The Kier molecular flexibility index (Phi) is 1.95. The molecule has 3 nitrogen and oxygen atoms in total. The summed E-state index contributed by atoms with van der Waals surface area (Å²) < 4.78 is 2.02. The normalized spacial score (nSPS) is 11.1. The Morgan fingerprint density at radius 2 is 2.14 bits per heavy atom. The molecule has 0 atom stereocenters. The van der Waals surface area contributed by atoms with Crippen molar-refractivity contribution in [2.75, 3.05) is 0 Å². The van der Waals surface area contributed by atoms with E-state index in [1.807, 2.05) is 24.6 Å². The first kappa shape index (κ1) is 9.06. The second kappa shape index (κ2) is 3.01. The number of phenolic OH excluding ortho intramolecular Hbond substituents is 1. The van der Waals surface area contributed by atoms with E-state index in [1.54, 1.807) is 6.07 Å². The van der Waals surface area contributed by atoms with Crippen molar-refractivity contribution in [3.05, 3.63) is 23.5 Å². The lowest BCUT2D eigenvalue weighted by atomic mass is 10.2. The Bertz CT molecular complexity index is 485. The summed E-state index contributed by atoms with van der Waals surface area (Å²) in [4.78, 5) is 4.48. The van der Waals surface area contributed by atoms with Gasteiger partial charge >= 0.3 is 0 Å². The average molecular weight is 190 g/mol. The molecule has 0 saturated carbocycles. The zero-order valence-corrected chi connectivity index (χ0v) is 8.70. The maximum atomic E-state index is 9.58. The molecule has 1 aromatic carbocycles. The number of hydrogen-bond acceptors (Lipinski definition) is 2. The van der Waals surface area contributed by atoms with Gasteiger partial charge in [-0.3, -0.25) is 0 Å². The van der Waals surface area contributed by atoms with E-state index in [4.69, 9.17) is 0 Å². The van der Waals surface area contributed by atoms with Crippen molar-refractivity contribution in [3.63, 3.8) is 0 Å². The van der Waals surface area contributed by atoms with Gasteiger partial charge < -0.3 is 9.67 Å². The molecule has 0 spiro atoms. The van der Waals surface area contributed by atoms with Crippen LogP contribution in [0.15, 0.2) is 12.1 Å². The van der Waals surface area contributed by atoms with Crippen molar-refractivity contribution < 1.29 is 5.11 Å². The fourth-order valence-corrected chi connectivity index (χ4v) is 1.70. The fraction of sp³-hybridized carbons (Fsp3) is 0.364. The van der Waals surface area contributed by atoms with Crippen molar-refractivity contribution in [1.82, 2.24) is 9.55 Å². The van der Waals surface area contributed by atoms with Gasteiger partial charge in [-0.2, -0.15) is 0 Å². The third-order valence-electron chi connectivity index (χ3n) is 2.61. The van der Waals surface area contributed by atoms with E-state index < -0.39 is 0 Å². The number of benzene rings is 1. The zero-order chi connectivity index (χ0) is 10.3. The minimum absolute atomic E-state index is 0.336. The number of aryl methyl sites for hydroxylation is 3. The molecule has 0 saturated heterocycles. The van der Waals surface area contributed by atoms with Crippen LogP contribution in [0.3, 0.4) is 0 Å². The molecule has 2 rings (SSSR count). The topological polar surface area (TPSA) is 38.1 Å². The minimum Gasteiger partial charge on any atom is -0.508 e. The summed E-state index contributed by atoms with van der Waals surface area (Å²) in [5.74, 6) is 1.38. The molecule has 2 aromatic rings. The number of nitrogens with zero attached hydrogens (tertiary/aromatic N) is 2. The highest BCUT2D eigenvalue weighted by molar-refractivity contribution is 5.79. The minimum atomic E-state index is 0.336. The van der Waals surface area contributed by atoms with E-state index in [2.05, 4.69) is 11.9 Å². The van der Waals surface area contributed by atoms with Crippen LogP contribution < -0.4 is 0 Å². The standard InChI is InChI=1S/C11H14N2O/c1-4-11-12-8-5-7(2)10(14)6-9(8)13(11)3/h5-6,14H,4H2,1-3H3. The predicted octanol–water partition coefficient (Wildman–Crippen LogP) is 2.15. The lowest BCUT2D eigenvalue weighted by molar-refractivity contribution is 0.471. The third-order valence-corrected chi connectivity index (χ3v) is 2.61. The Balaban J connectivity index is 2.80. The number of aromatic hydroxyl groups is 1. The molecule has 0 aliphatic carbocycles. The first-order chi connectivity index (χ1) is 6.63. The number of rotatable bonds is 1. The van der Waals surface area contributed by atoms with Crippen LogP contribution in [0.25, 0.3) is 11.0 Å². The predicted molar refractivity (Wildman–Crippen MR) is 56.5 cm³/mol. The van der Waals surface area contributed by atoms with Crippen LogP contribution in [-0.2, 0) is 13.5 Å². The SMILES string of the molecule is CCc1nc2cc(C)c(O)cc2n1C. The molecule has 0 aliphatic heterocycles. The van der Waals surface area contributed by atoms with Gasteiger partial charge in [0.25, 0.3) is 0 Å². The van der Waals surface area contributed by atoms with Crippen molar-refractivity contribution in [3.8, 4) is 5.75 Å². The molecular formula is C11H14N2O. The Morgan fingerprint density at radius 3 is 2.79 bits per heavy atom.